The van der Waals surface area contributed by atoms with Gasteiger partial charge in [0.05, 0.1) is 10.5 Å². The molecule has 21 heavy (non-hydrogen) atoms. The van der Waals surface area contributed by atoms with Crippen LogP contribution in [0.15, 0.2) is 18.2 Å². The summed E-state index contributed by atoms with van der Waals surface area (Å²) in [5, 5.41) is 15.7. The van der Waals surface area contributed by atoms with Gasteiger partial charge in [0, 0.05) is 25.4 Å². The van der Waals surface area contributed by atoms with E-state index in [-0.39, 0.29) is 41.0 Å². The van der Waals surface area contributed by atoms with Crippen molar-refractivity contribution in [3.8, 4) is 0 Å². The number of rotatable bonds is 6. The summed E-state index contributed by atoms with van der Waals surface area (Å²) in [6, 6.07) is 3.91. The van der Waals surface area contributed by atoms with Gasteiger partial charge in [-0.1, -0.05) is 6.07 Å². The summed E-state index contributed by atoms with van der Waals surface area (Å²) in [4.78, 5) is 22.0. The van der Waals surface area contributed by atoms with Crippen molar-refractivity contribution in [3.05, 3.63) is 33.9 Å². The molecule has 0 aromatic heterocycles. The average molecular weight is 323 g/mol. The van der Waals surface area contributed by atoms with E-state index in [1.807, 2.05) is 0 Å². The first kappa shape index (κ1) is 17.1. The van der Waals surface area contributed by atoms with Crippen molar-refractivity contribution < 1.29 is 22.9 Å². The molecule has 1 aromatic rings. The Labute approximate surface area is 122 Å². The van der Waals surface area contributed by atoms with Crippen LogP contribution >= 0.6 is 11.8 Å². The van der Waals surface area contributed by atoms with Gasteiger partial charge >= 0.3 is 5.51 Å². The van der Waals surface area contributed by atoms with E-state index in [1.54, 1.807) is 0 Å². The Hall–Kier alpha value is -1.97. The zero-order valence-corrected chi connectivity index (χ0v) is 11.7. The van der Waals surface area contributed by atoms with Gasteiger partial charge in [-0.3, -0.25) is 14.9 Å². The van der Waals surface area contributed by atoms with Gasteiger partial charge in [0.2, 0.25) is 0 Å². The fourth-order valence-electron chi connectivity index (χ4n) is 1.57. The minimum Gasteiger partial charge on any atom is -0.382 e. The Balaban J connectivity index is 2.74. The number of para-hydroxylation sites is 1. The molecule has 2 N–H and O–H groups in total. The Bertz CT molecular complexity index is 537. The van der Waals surface area contributed by atoms with Gasteiger partial charge in [-0.15, -0.1) is 0 Å². The van der Waals surface area contributed by atoms with Gasteiger partial charge in [0.1, 0.15) is 5.69 Å². The van der Waals surface area contributed by atoms with Crippen molar-refractivity contribution in [2.24, 2.45) is 0 Å². The highest BCUT2D eigenvalue weighted by Gasteiger charge is 2.27. The number of carbonyl (C=O) groups is 1. The average Bonchev–Trinajstić information content (AvgIpc) is 2.41. The van der Waals surface area contributed by atoms with Crippen LogP contribution in [0.2, 0.25) is 0 Å². The molecule has 0 aliphatic carbocycles. The van der Waals surface area contributed by atoms with E-state index < -0.39 is 16.3 Å². The van der Waals surface area contributed by atoms with Gasteiger partial charge in [0.15, 0.2) is 0 Å². The topological polar surface area (TPSA) is 84.3 Å². The first-order valence-corrected chi connectivity index (χ1v) is 6.69. The predicted octanol–water partition coefficient (Wildman–Crippen LogP) is 2.62. The maximum Gasteiger partial charge on any atom is 0.441 e. The molecule has 0 saturated heterocycles. The lowest BCUT2D eigenvalue weighted by molar-refractivity contribution is -0.384. The van der Waals surface area contributed by atoms with Gasteiger partial charge in [-0.25, -0.2) is 0 Å². The lowest BCUT2D eigenvalue weighted by atomic mass is 10.1. The van der Waals surface area contributed by atoms with Crippen molar-refractivity contribution in [3.63, 3.8) is 0 Å². The molecule has 0 atom stereocenters. The Morgan fingerprint density at radius 3 is 2.62 bits per heavy atom. The number of thioether (sulfide) groups is 1. The van der Waals surface area contributed by atoms with Gasteiger partial charge in [-0.2, -0.15) is 13.2 Å². The van der Waals surface area contributed by atoms with Crippen LogP contribution in [0.4, 0.5) is 24.5 Å². The monoisotopic (exact) mass is 323 g/mol. The molecule has 10 heteroatoms. The summed E-state index contributed by atoms with van der Waals surface area (Å²) in [6.45, 7) is -0.200. The van der Waals surface area contributed by atoms with E-state index in [0.29, 0.717) is 0 Å². The van der Waals surface area contributed by atoms with Crippen LogP contribution in [0, 0.1) is 10.1 Å². The Morgan fingerprint density at radius 1 is 1.43 bits per heavy atom. The van der Waals surface area contributed by atoms with Crippen molar-refractivity contribution >= 4 is 29.0 Å². The maximum atomic E-state index is 11.9. The van der Waals surface area contributed by atoms with Crippen molar-refractivity contribution in [1.82, 2.24) is 5.32 Å². The summed E-state index contributed by atoms with van der Waals surface area (Å²) >= 11 is -0.250. The molecule has 1 aromatic carbocycles. The molecule has 0 saturated carbocycles. The first-order chi connectivity index (χ1) is 9.76. The molecule has 0 aliphatic rings. The zero-order valence-electron chi connectivity index (χ0n) is 10.9. The van der Waals surface area contributed by atoms with Gasteiger partial charge in [-0.05, 0) is 17.8 Å². The maximum absolute atomic E-state index is 11.9. The highest BCUT2D eigenvalue weighted by Crippen LogP contribution is 2.30. The first-order valence-electron chi connectivity index (χ1n) is 5.70. The lowest BCUT2D eigenvalue weighted by Crippen LogP contribution is -2.27. The smallest absolute Gasteiger partial charge is 0.382 e. The highest BCUT2D eigenvalue weighted by atomic mass is 32.2. The third-order valence-corrected chi connectivity index (χ3v) is 3.12. The fourth-order valence-corrected chi connectivity index (χ4v) is 2.01. The summed E-state index contributed by atoms with van der Waals surface area (Å²) < 4.78 is 35.8. The number of anilines is 1. The normalized spacial score (nSPS) is 11.0. The standard InChI is InChI=1S/C11H12F3N3O3S/c1-15-9-7(3-2-4-8(9)17(19)20)10(18)16-5-6-21-11(12,13)14/h2-4,15H,5-6H2,1H3,(H,16,18). The van der Waals surface area contributed by atoms with Crippen LogP contribution in [-0.4, -0.2) is 35.7 Å². The number of nitro benzene ring substituents is 1. The quantitative estimate of drug-likeness (QED) is 0.477. The lowest BCUT2D eigenvalue weighted by Gasteiger charge is -2.10. The number of hydrogen-bond donors (Lipinski definition) is 2. The second kappa shape index (κ2) is 7.16. The third-order valence-electron chi connectivity index (χ3n) is 2.39. The van der Waals surface area contributed by atoms with E-state index in [1.165, 1.54) is 25.2 Å². The number of nitro groups is 1. The van der Waals surface area contributed by atoms with Crippen molar-refractivity contribution in [2.75, 3.05) is 24.7 Å². The number of halogens is 3. The molecular weight excluding hydrogens is 311 g/mol. The van der Waals surface area contributed by atoms with Gasteiger partial charge in [0.25, 0.3) is 11.6 Å². The number of alkyl halides is 3. The van der Waals surface area contributed by atoms with Crippen LogP contribution in [-0.2, 0) is 0 Å². The molecule has 0 fully saturated rings. The van der Waals surface area contributed by atoms with E-state index in [9.17, 15) is 28.1 Å². The summed E-state index contributed by atoms with van der Waals surface area (Å²) in [7, 11) is 1.42. The number of carbonyl (C=O) groups excluding carboxylic acids is 1. The van der Waals surface area contributed by atoms with E-state index in [4.69, 9.17) is 0 Å². The van der Waals surface area contributed by atoms with Gasteiger partial charge < -0.3 is 10.6 Å². The molecule has 116 valence electrons. The summed E-state index contributed by atoms with van der Waals surface area (Å²) in [5.41, 5.74) is -4.62. The van der Waals surface area contributed by atoms with E-state index in [2.05, 4.69) is 10.6 Å². The molecular formula is C11H12F3N3O3S. The largest absolute Gasteiger partial charge is 0.441 e. The number of benzene rings is 1. The summed E-state index contributed by atoms with van der Waals surface area (Å²) in [6.07, 6.45) is 0. The molecule has 0 heterocycles. The second-order valence-corrected chi connectivity index (χ2v) is 4.92. The predicted molar refractivity (Wildman–Crippen MR) is 73.5 cm³/mol. The van der Waals surface area contributed by atoms with Crippen LogP contribution in [0.25, 0.3) is 0 Å². The highest BCUT2D eigenvalue weighted by molar-refractivity contribution is 8.00. The third kappa shape index (κ3) is 5.14. The molecule has 0 unspecified atom stereocenters. The fraction of sp³-hybridized carbons (Fsp3) is 0.364. The minimum absolute atomic E-state index is 0.00343. The van der Waals surface area contributed by atoms with Crippen LogP contribution in [0.3, 0.4) is 0 Å². The van der Waals surface area contributed by atoms with Crippen LogP contribution in [0.5, 0.6) is 0 Å². The molecule has 6 nitrogen and oxygen atoms in total. The SMILES string of the molecule is CNc1c(C(=O)NCCSC(F)(F)F)cccc1[N+](=O)[O-]. The van der Waals surface area contributed by atoms with E-state index in [0.717, 1.165) is 0 Å². The van der Waals surface area contributed by atoms with Crippen molar-refractivity contribution in [2.45, 2.75) is 5.51 Å². The number of hydrogen-bond acceptors (Lipinski definition) is 5. The molecule has 0 bridgehead atoms. The number of nitrogens with one attached hydrogen (secondary N) is 2. The summed E-state index contributed by atoms with van der Waals surface area (Å²) in [5.74, 6) is -1.01. The molecule has 0 aliphatic heterocycles. The van der Waals surface area contributed by atoms with Crippen molar-refractivity contribution in [1.29, 1.82) is 0 Å². The molecule has 0 radical (unpaired) electrons. The molecule has 1 rings (SSSR count). The Kier molecular flexibility index (Phi) is 5.82. The Morgan fingerprint density at radius 2 is 2.10 bits per heavy atom. The van der Waals surface area contributed by atoms with E-state index >= 15 is 0 Å². The molecule has 1 amide bonds. The van der Waals surface area contributed by atoms with Crippen LogP contribution in [0.1, 0.15) is 10.4 Å². The minimum atomic E-state index is -4.35. The molecule has 0 spiro atoms. The number of amides is 1. The zero-order chi connectivity index (χ0) is 16.0. The number of nitrogens with zero attached hydrogens (tertiary/aromatic N) is 1. The van der Waals surface area contributed by atoms with Crippen LogP contribution < -0.4 is 10.6 Å². The second-order valence-electron chi connectivity index (χ2n) is 3.76.